The first-order chi connectivity index (χ1) is 9.08. The number of nitrogens with one attached hydrogen (secondary N) is 1. The van der Waals surface area contributed by atoms with Crippen LogP contribution in [0.3, 0.4) is 0 Å². The Bertz CT molecular complexity index is 552. The number of methoxy groups -OCH3 is 1. The first-order valence-corrected chi connectivity index (χ1v) is 11.0. The van der Waals surface area contributed by atoms with Crippen LogP contribution in [0.2, 0.25) is 0 Å². The molecule has 3 rings (SSSR count). The summed E-state index contributed by atoms with van der Waals surface area (Å²) in [6.07, 6.45) is 4.90. The van der Waals surface area contributed by atoms with Crippen molar-refractivity contribution in [2.24, 2.45) is 0 Å². The predicted octanol–water partition coefficient (Wildman–Crippen LogP) is 3.61. The Morgan fingerprint density at radius 1 is 1.26 bits per heavy atom. The summed E-state index contributed by atoms with van der Waals surface area (Å²) in [5.74, 6) is 0.868. The van der Waals surface area contributed by atoms with E-state index < -0.39 is 5.39 Å². The van der Waals surface area contributed by atoms with Crippen LogP contribution in [0.5, 0.6) is 5.75 Å². The topological polar surface area (TPSA) is 21.3 Å². The van der Waals surface area contributed by atoms with Crippen LogP contribution in [0.4, 0.5) is 0 Å². The Morgan fingerprint density at radius 2 is 1.89 bits per heavy atom. The highest BCUT2D eigenvalue weighted by Crippen LogP contribution is 2.68. The summed E-state index contributed by atoms with van der Waals surface area (Å²) in [6.45, 7) is 0. The molecule has 1 spiro atoms. The van der Waals surface area contributed by atoms with E-state index in [0.717, 1.165) is 10.7 Å². The van der Waals surface area contributed by atoms with E-state index in [1.165, 1.54) is 31.0 Å². The summed E-state index contributed by atoms with van der Waals surface area (Å²) < 4.78 is 5.33. The zero-order valence-electron chi connectivity index (χ0n) is 10.7. The molecule has 0 radical (unpaired) electrons. The van der Waals surface area contributed by atoms with Crippen LogP contribution in [-0.2, 0) is 11.8 Å². The van der Waals surface area contributed by atoms with Gasteiger partial charge in [0.1, 0.15) is 11.1 Å². The lowest BCUT2D eigenvalue weighted by atomic mass is 10.1. The Kier molecular flexibility index (Phi) is 3.67. The number of benzene rings is 1. The molecule has 1 aromatic rings. The second kappa shape index (κ2) is 5.03. The van der Waals surface area contributed by atoms with E-state index in [1.807, 2.05) is 23.5 Å². The number of hydrogen-bond acceptors (Lipinski definition) is 4. The van der Waals surface area contributed by atoms with Crippen molar-refractivity contribution in [1.29, 1.82) is 0 Å². The Morgan fingerprint density at radius 3 is 2.47 bits per heavy atom. The number of rotatable bonds is 2. The summed E-state index contributed by atoms with van der Waals surface area (Å²) in [5, 5.41) is 2.87. The summed E-state index contributed by atoms with van der Waals surface area (Å²) in [6, 6.07) is 8.12. The number of ether oxygens (including phenoxy) is 1. The van der Waals surface area contributed by atoms with Crippen molar-refractivity contribution in [3.63, 3.8) is 0 Å². The SMILES string of the molecule is COc1ccc(P2(=S)NC(=S)C3(CCCC3)S2)cc1. The molecule has 102 valence electrons. The van der Waals surface area contributed by atoms with E-state index in [2.05, 4.69) is 17.2 Å². The summed E-state index contributed by atoms with van der Waals surface area (Å²) in [7, 11) is 1.68. The van der Waals surface area contributed by atoms with Gasteiger partial charge in [0.15, 0.2) is 0 Å². The van der Waals surface area contributed by atoms with E-state index in [0.29, 0.717) is 0 Å². The van der Waals surface area contributed by atoms with Crippen LogP contribution in [0.15, 0.2) is 24.3 Å². The maximum absolute atomic E-state index is 5.93. The molecule has 1 atom stereocenters. The third-order valence-corrected chi connectivity index (χ3v) is 11.6. The highest BCUT2D eigenvalue weighted by atomic mass is 32.9. The number of thiocarbonyl (C=S) groups is 1. The van der Waals surface area contributed by atoms with E-state index in [4.69, 9.17) is 28.8 Å². The van der Waals surface area contributed by atoms with E-state index in [1.54, 1.807) is 7.11 Å². The Hall–Kier alpha value is -0.0900. The van der Waals surface area contributed by atoms with Gasteiger partial charge in [-0.2, -0.15) is 0 Å². The van der Waals surface area contributed by atoms with Crippen molar-refractivity contribution in [2.75, 3.05) is 7.11 Å². The fourth-order valence-electron chi connectivity index (χ4n) is 2.71. The third kappa shape index (κ3) is 2.35. The van der Waals surface area contributed by atoms with Gasteiger partial charge in [0, 0.05) is 5.30 Å². The molecule has 1 aliphatic carbocycles. The zero-order chi connectivity index (χ0) is 13.5. The normalized spacial score (nSPS) is 28.6. The maximum Gasteiger partial charge on any atom is 0.118 e. The highest BCUT2D eigenvalue weighted by molar-refractivity contribution is 8.74. The maximum atomic E-state index is 5.93. The second-order valence-corrected chi connectivity index (χ2v) is 12.7. The molecule has 1 aliphatic heterocycles. The molecule has 1 saturated heterocycles. The summed E-state index contributed by atoms with van der Waals surface area (Å²) in [4.78, 5) is 0.995. The van der Waals surface area contributed by atoms with Crippen LogP contribution in [-0.4, -0.2) is 16.8 Å². The Balaban J connectivity index is 1.92. The molecule has 0 amide bonds. The minimum absolute atomic E-state index is 0.130. The Labute approximate surface area is 128 Å². The number of hydrogen-bond donors (Lipinski definition) is 1. The van der Waals surface area contributed by atoms with Gasteiger partial charge in [-0.3, -0.25) is 0 Å². The molecule has 19 heavy (non-hydrogen) atoms. The van der Waals surface area contributed by atoms with Gasteiger partial charge in [0.2, 0.25) is 0 Å². The molecule has 1 N–H and O–H groups in total. The lowest BCUT2D eigenvalue weighted by molar-refractivity contribution is 0.415. The van der Waals surface area contributed by atoms with Gasteiger partial charge in [-0.05, 0) is 37.1 Å². The predicted molar refractivity (Wildman–Crippen MR) is 91.4 cm³/mol. The molecule has 0 aromatic heterocycles. The van der Waals surface area contributed by atoms with E-state index in [9.17, 15) is 0 Å². The standard InChI is InChI=1S/C13H16NOPS3/c1-15-10-4-6-11(7-5-10)16(18)14-12(17)13(19-16)8-2-3-9-13/h4-7H,2-3,8-9H2,1H3,(H,14,17,18). The molecular weight excluding hydrogens is 313 g/mol. The smallest absolute Gasteiger partial charge is 0.118 e. The van der Waals surface area contributed by atoms with Gasteiger partial charge in [0.25, 0.3) is 0 Å². The monoisotopic (exact) mass is 329 g/mol. The van der Waals surface area contributed by atoms with Crippen molar-refractivity contribution in [3.8, 4) is 5.75 Å². The van der Waals surface area contributed by atoms with Crippen molar-refractivity contribution >= 4 is 51.1 Å². The molecule has 1 heterocycles. The molecule has 2 nitrogen and oxygen atoms in total. The molecule has 1 unspecified atom stereocenters. The first kappa shape index (κ1) is 13.9. The van der Waals surface area contributed by atoms with Crippen molar-refractivity contribution in [2.45, 2.75) is 30.4 Å². The molecule has 1 aromatic carbocycles. The first-order valence-electron chi connectivity index (χ1n) is 6.36. The third-order valence-electron chi connectivity index (χ3n) is 3.79. The van der Waals surface area contributed by atoms with Crippen LogP contribution >= 0.6 is 29.0 Å². The van der Waals surface area contributed by atoms with Gasteiger partial charge in [-0.15, -0.1) is 0 Å². The molecule has 6 heteroatoms. The van der Waals surface area contributed by atoms with Crippen LogP contribution < -0.4 is 15.1 Å². The molecule has 2 fully saturated rings. The fraction of sp³-hybridized carbons (Fsp3) is 0.462. The van der Waals surface area contributed by atoms with Gasteiger partial charge in [0.05, 0.1) is 16.8 Å². The van der Waals surface area contributed by atoms with Crippen LogP contribution in [0.1, 0.15) is 25.7 Å². The average molecular weight is 329 g/mol. The minimum Gasteiger partial charge on any atom is -0.497 e. The van der Waals surface area contributed by atoms with Gasteiger partial charge >= 0.3 is 0 Å². The molecule has 1 saturated carbocycles. The highest BCUT2D eigenvalue weighted by Gasteiger charge is 2.49. The fourth-order valence-corrected chi connectivity index (χ4v) is 11.8. The molecular formula is C13H16NOPS3. The summed E-state index contributed by atoms with van der Waals surface area (Å²) >= 11 is 13.5. The largest absolute Gasteiger partial charge is 0.497 e. The van der Waals surface area contributed by atoms with Crippen molar-refractivity contribution in [1.82, 2.24) is 5.09 Å². The minimum atomic E-state index is -1.82. The van der Waals surface area contributed by atoms with Crippen molar-refractivity contribution in [3.05, 3.63) is 24.3 Å². The second-order valence-electron chi connectivity index (χ2n) is 4.98. The van der Waals surface area contributed by atoms with Gasteiger partial charge < -0.3 is 9.82 Å². The van der Waals surface area contributed by atoms with Crippen LogP contribution in [0, 0.1) is 0 Å². The van der Waals surface area contributed by atoms with E-state index in [-0.39, 0.29) is 4.75 Å². The zero-order valence-corrected chi connectivity index (χ0v) is 14.1. The van der Waals surface area contributed by atoms with E-state index >= 15 is 0 Å². The molecule has 2 aliphatic rings. The van der Waals surface area contributed by atoms with Gasteiger partial charge in [-0.25, -0.2) is 0 Å². The van der Waals surface area contributed by atoms with Gasteiger partial charge in [-0.1, -0.05) is 48.2 Å². The quantitative estimate of drug-likeness (QED) is 0.659. The van der Waals surface area contributed by atoms with Crippen LogP contribution in [0.25, 0.3) is 0 Å². The molecule has 0 bridgehead atoms. The summed E-state index contributed by atoms with van der Waals surface area (Å²) in [5.41, 5.74) is 0. The average Bonchev–Trinajstić information content (AvgIpc) is 2.97. The lowest BCUT2D eigenvalue weighted by Crippen LogP contribution is -2.31. The lowest BCUT2D eigenvalue weighted by Gasteiger charge is -2.20. The van der Waals surface area contributed by atoms with Crippen molar-refractivity contribution < 1.29 is 4.74 Å².